The van der Waals surface area contributed by atoms with Gasteiger partial charge in [0, 0.05) is 23.6 Å². The highest BCUT2D eigenvalue weighted by Crippen LogP contribution is 2.19. The summed E-state index contributed by atoms with van der Waals surface area (Å²) < 4.78 is 15.2. The van der Waals surface area contributed by atoms with Crippen molar-refractivity contribution in [3.05, 3.63) is 90.3 Å². The molecule has 0 saturated heterocycles. The number of imidazole rings is 1. The van der Waals surface area contributed by atoms with Gasteiger partial charge >= 0.3 is 0 Å². The van der Waals surface area contributed by atoms with Crippen LogP contribution in [0.15, 0.2) is 73.2 Å². The Morgan fingerprint density at radius 1 is 0.889 bits per heavy atom. The maximum absolute atomic E-state index is 13.5. The average molecular weight is 355 g/mol. The lowest BCUT2D eigenvalue weighted by atomic mass is 10.1. The Morgan fingerprint density at radius 2 is 1.81 bits per heavy atom. The second-order valence-electron chi connectivity index (χ2n) is 6.32. The Hall–Kier alpha value is -3.67. The highest BCUT2D eigenvalue weighted by Gasteiger charge is 2.10. The van der Waals surface area contributed by atoms with Gasteiger partial charge in [0.25, 0.3) is 5.78 Å². The summed E-state index contributed by atoms with van der Waals surface area (Å²) >= 11 is 0. The van der Waals surface area contributed by atoms with Crippen LogP contribution in [0.25, 0.3) is 27.9 Å². The molecule has 0 N–H and O–H groups in total. The Kier molecular flexibility index (Phi) is 3.60. The van der Waals surface area contributed by atoms with Crippen LogP contribution in [0.5, 0.6) is 0 Å². The molecule has 0 radical (unpaired) electrons. The van der Waals surface area contributed by atoms with Crippen molar-refractivity contribution in [1.82, 2.24) is 24.6 Å². The molecule has 0 aliphatic heterocycles. The Bertz CT molecular complexity index is 1280. The van der Waals surface area contributed by atoms with E-state index in [-0.39, 0.29) is 5.82 Å². The summed E-state index contributed by atoms with van der Waals surface area (Å²) in [4.78, 5) is 13.0. The smallest absolute Gasteiger partial charge is 0.250 e. The molecule has 6 heteroatoms. The predicted octanol–water partition coefficient (Wildman–Crippen LogP) is 4.07. The SMILES string of the molecule is Fc1cccc(-c2cnc3ncc(Cc4ccc5ncccc5c4)n3n2)c1. The molecule has 0 atom stereocenters. The summed E-state index contributed by atoms with van der Waals surface area (Å²) in [5.41, 5.74) is 4.30. The molecule has 2 aromatic carbocycles. The molecular weight excluding hydrogens is 341 g/mol. The lowest BCUT2D eigenvalue weighted by molar-refractivity contribution is 0.628. The number of aromatic nitrogens is 5. The van der Waals surface area contributed by atoms with Gasteiger partial charge in [0.05, 0.1) is 23.6 Å². The van der Waals surface area contributed by atoms with E-state index >= 15 is 0 Å². The van der Waals surface area contributed by atoms with Crippen LogP contribution in [-0.4, -0.2) is 24.6 Å². The van der Waals surface area contributed by atoms with E-state index in [1.807, 2.05) is 24.3 Å². The minimum absolute atomic E-state index is 0.301. The van der Waals surface area contributed by atoms with Crippen LogP contribution in [0, 0.1) is 5.82 Å². The lowest BCUT2D eigenvalue weighted by Crippen LogP contribution is -2.02. The summed E-state index contributed by atoms with van der Waals surface area (Å²) in [6.07, 6.45) is 5.84. The van der Waals surface area contributed by atoms with Crippen LogP contribution >= 0.6 is 0 Å². The van der Waals surface area contributed by atoms with E-state index in [2.05, 4.69) is 32.2 Å². The molecule has 5 nitrogen and oxygen atoms in total. The molecule has 27 heavy (non-hydrogen) atoms. The molecule has 130 valence electrons. The molecule has 0 spiro atoms. The van der Waals surface area contributed by atoms with E-state index < -0.39 is 0 Å². The van der Waals surface area contributed by atoms with Crippen LogP contribution in [0.2, 0.25) is 0 Å². The zero-order valence-electron chi connectivity index (χ0n) is 14.2. The minimum Gasteiger partial charge on any atom is -0.256 e. The zero-order valence-corrected chi connectivity index (χ0v) is 14.2. The average Bonchev–Trinajstić information content (AvgIpc) is 3.10. The molecule has 0 aliphatic carbocycles. The largest absolute Gasteiger partial charge is 0.256 e. The van der Waals surface area contributed by atoms with Gasteiger partial charge in [0.1, 0.15) is 11.5 Å². The molecule has 3 heterocycles. The summed E-state index contributed by atoms with van der Waals surface area (Å²) in [6.45, 7) is 0. The molecule has 0 bridgehead atoms. The van der Waals surface area contributed by atoms with Crippen LogP contribution < -0.4 is 0 Å². The third-order valence-corrected chi connectivity index (χ3v) is 4.47. The van der Waals surface area contributed by atoms with Gasteiger partial charge in [-0.25, -0.2) is 18.9 Å². The summed E-state index contributed by atoms with van der Waals surface area (Å²) in [7, 11) is 0. The molecule has 3 aromatic heterocycles. The number of fused-ring (bicyclic) bond motifs is 2. The van der Waals surface area contributed by atoms with Crippen LogP contribution in [-0.2, 0) is 6.42 Å². The fourth-order valence-electron chi connectivity index (χ4n) is 3.16. The van der Waals surface area contributed by atoms with Crippen molar-refractivity contribution >= 4 is 16.7 Å². The number of nitrogens with zero attached hydrogens (tertiary/aromatic N) is 5. The molecule has 0 saturated carbocycles. The van der Waals surface area contributed by atoms with Crippen molar-refractivity contribution in [1.29, 1.82) is 0 Å². The van der Waals surface area contributed by atoms with Crippen molar-refractivity contribution < 1.29 is 4.39 Å². The first kappa shape index (κ1) is 15.6. The van der Waals surface area contributed by atoms with Crippen molar-refractivity contribution in [3.8, 4) is 11.3 Å². The molecule has 0 unspecified atom stereocenters. The van der Waals surface area contributed by atoms with Crippen LogP contribution in [0.1, 0.15) is 11.3 Å². The monoisotopic (exact) mass is 355 g/mol. The number of halogens is 1. The fourth-order valence-corrected chi connectivity index (χ4v) is 3.16. The summed E-state index contributed by atoms with van der Waals surface area (Å²) in [5.74, 6) is 0.220. The standard InChI is InChI=1S/C21H14FN5/c22-17-5-1-3-16(11-17)20-13-25-21-24-12-18(27(21)26-20)10-14-6-7-19-15(9-14)4-2-8-23-19/h1-9,11-13H,10H2. The first-order chi connectivity index (χ1) is 13.3. The Labute approximate surface area is 154 Å². The highest BCUT2D eigenvalue weighted by atomic mass is 19.1. The lowest BCUT2D eigenvalue weighted by Gasteiger charge is -2.05. The van der Waals surface area contributed by atoms with Crippen molar-refractivity contribution in [2.24, 2.45) is 0 Å². The summed E-state index contributed by atoms with van der Waals surface area (Å²) in [5, 5.41) is 5.71. The molecular formula is C21H14FN5. The number of rotatable bonds is 3. The zero-order chi connectivity index (χ0) is 18.2. The maximum Gasteiger partial charge on any atom is 0.250 e. The van der Waals surface area contributed by atoms with E-state index in [0.717, 1.165) is 22.2 Å². The third kappa shape index (κ3) is 2.91. The van der Waals surface area contributed by atoms with Gasteiger partial charge < -0.3 is 0 Å². The van der Waals surface area contributed by atoms with Gasteiger partial charge in [0.2, 0.25) is 0 Å². The van der Waals surface area contributed by atoms with Crippen LogP contribution in [0.4, 0.5) is 4.39 Å². The van der Waals surface area contributed by atoms with Gasteiger partial charge in [-0.3, -0.25) is 4.98 Å². The first-order valence-electron chi connectivity index (χ1n) is 8.55. The Balaban J connectivity index is 1.55. The third-order valence-electron chi connectivity index (χ3n) is 4.47. The summed E-state index contributed by atoms with van der Waals surface area (Å²) in [6, 6.07) is 16.5. The molecule has 0 fully saturated rings. The van der Waals surface area contributed by atoms with Crippen LogP contribution in [0.3, 0.4) is 0 Å². The van der Waals surface area contributed by atoms with E-state index in [1.54, 1.807) is 29.2 Å². The van der Waals surface area contributed by atoms with E-state index in [1.165, 1.54) is 12.1 Å². The number of benzene rings is 2. The van der Waals surface area contributed by atoms with Crippen molar-refractivity contribution in [2.75, 3.05) is 0 Å². The maximum atomic E-state index is 13.5. The first-order valence-corrected chi connectivity index (χ1v) is 8.55. The van der Waals surface area contributed by atoms with E-state index in [9.17, 15) is 4.39 Å². The number of hydrogen-bond donors (Lipinski definition) is 0. The predicted molar refractivity (Wildman–Crippen MR) is 101 cm³/mol. The molecule has 0 aliphatic rings. The van der Waals surface area contributed by atoms with Gasteiger partial charge in [-0.2, -0.15) is 5.10 Å². The van der Waals surface area contributed by atoms with E-state index in [4.69, 9.17) is 0 Å². The molecule has 5 aromatic rings. The highest BCUT2D eigenvalue weighted by molar-refractivity contribution is 5.79. The van der Waals surface area contributed by atoms with Crippen molar-refractivity contribution in [2.45, 2.75) is 6.42 Å². The molecule has 0 amide bonds. The minimum atomic E-state index is -0.301. The fraction of sp³-hybridized carbons (Fsp3) is 0.0476. The second kappa shape index (κ2) is 6.25. The Morgan fingerprint density at radius 3 is 2.74 bits per heavy atom. The van der Waals surface area contributed by atoms with Gasteiger partial charge in [-0.15, -0.1) is 0 Å². The van der Waals surface area contributed by atoms with Gasteiger partial charge in [-0.05, 0) is 35.9 Å². The van der Waals surface area contributed by atoms with E-state index in [0.29, 0.717) is 23.5 Å². The number of pyridine rings is 1. The van der Waals surface area contributed by atoms with Gasteiger partial charge in [-0.1, -0.05) is 24.3 Å². The van der Waals surface area contributed by atoms with Crippen molar-refractivity contribution in [3.63, 3.8) is 0 Å². The van der Waals surface area contributed by atoms with Gasteiger partial charge in [0.15, 0.2) is 0 Å². The molecule has 5 rings (SSSR count). The number of hydrogen-bond acceptors (Lipinski definition) is 4. The second-order valence-corrected chi connectivity index (χ2v) is 6.32. The topological polar surface area (TPSA) is 56.0 Å². The normalized spacial score (nSPS) is 11.3. The quantitative estimate of drug-likeness (QED) is 0.490.